The minimum absolute atomic E-state index is 0.0482. The van der Waals surface area contributed by atoms with Gasteiger partial charge in [-0.05, 0) is 0 Å². The van der Waals surface area contributed by atoms with Crippen molar-refractivity contribution in [1.82, 2.24) is 19.5 Å². The van der Waals surface area contributed by atoms with Crippen molar-refractivity contribution < 1.29 is 4.79 Å². The summed E-state index contributed by atoms with van der Waals surface area (Å²) in [7, 11) is 1.59. The van der Waals surface area contributed by atoms with Gasteiger partial charge in [0.2, 0.25) is 11.9 Å². The van der Waals surface area contributed by atoms with Crippen molar-refractivity contribution in [2.75, 3.05) is 11.9 Å². The molecule has 1 amide bonds. The van der Waals surface area contributed by atoms with Gasteiger partial charge in [0.05, 0.1) is 6.33 Å². The molecule has 0 bridgehead atoms. The molecule has 0 aliphatic carbocycles. The molecule has 0 radical (unpaired) electrons. The molecule has 0 spiro atoms. The van der Waals surface area contributed by atoms with E-state index in [9.17, 15) is 9.59 Å². The Morgan fingerprint density at radius 1 is 1.47 bits per heavy atom. The summed E-state index contributed by atoms with van der Waals surface area (Å²) in [6, 6.07) is 0. The molecule has 2 aromatic heterocycles. The number of rotatable bonds is 0. The van der Waals surface area contributed by atoms with Gasteiger partial charge < -0.3 is 4.98 Å². The van der Waals surface area contributed by atoms with Crippen LogP contribution in [0.15, 0.2) is 11.1 Å². The van der Waals surface area contributed by atoms with Crippen LogP contribution in [0.1, 0.15) is 0 Å². The third-order valence-corrected chi connectivity index (χ3v) is 2.49. The Morgan fingerprint density at radius 2 is 2.27 bits per heavy atom. The van der Waals surface area contributed by atoms with Crippen LogP contribution in [-0.4, -0.2) is 32.5 Å². The first-order valence-corrected chi connectivity index (χ1v) is 4.39. The zero-order valence-electron chi connectivity index (χ0n) is 7.89. The first-order valence-electron chi connectivity index (χ1n) is 4.39. The number of carbonyl (C=O) groups is 1. The Labute approximate surface area is 83.4 Å². The Bertz CT molecular complexity index is 625. The van der Waals surface area contributed by atoms with E-state index in [4.69, 9.17) is 0 Å². The first kappa shape index (κ1) is 8.16. The fourth-order valence-electron chi connectivity index (χ4n) is 1.66. The Kier molecular flexibility index (Phi) is 1.33. The summed E-state index contributed by atoms with van der Waals surface area (Å²) in [6.45, 7) is 0.0482. The molecule has 76 valence electrons. The second-order valence-electron chi connectivity index (χ2n) is 3.36. The van der Waals surface area contributed by atoms with Gasteiger partial charge in [0.15, 0.2) is 11.2 Å². The van der Waals surface area contributed by atoms with E-state index in [0.29, 0.717) is 17.1 Å². The molecule has 0 saturated carbocycles. The molecule has 1 aliphatic heterocycles. The fourth-order valence-corrected chi connectivity index (χ4v) is 1.66. The normalized spacial score (nSPS) is 15.0. The average molecular weight is 205 g/mol. The van der Waals surface area contributed by atoms with E-state index in [1.54, 1.807) is 7.05 Å². The highest BCUT2D eigenvalue weighted by atomic mass is 16.2. The molecular formula is C8H7N5O2. The number of aromatic amines is 1. The van der Waals surface area contributed by atoms with E-state index < -0.39 is 0 Å². The molecule has 0 atom stereocenters. The van der Waals surface area contributed by atoms with Crippen molar-refractivity contribution in [3.63, 3.8) is 0 Å². The van der Waals surface area contributed by atoms with Crippen LogP contribution in [-0.2, 0) is 11.3 Å². The molecule has 1 N–H and O–H groups in total. The van der Waals surface area contributed by atoms with Gasteiger partial charge in [-0.25, -0.2) is 4.98 Å². The summed E-state index contributed by atoms with van der Waals surface area (Å²) >= 11 is 0. The third kappa shape index (κ3) is 0.888. The van der Waals surface area contributed by atoms with Crippen LogP contribution in [0.2, 0.25) is 0 Å². The second-order valence-corrected chi connectivity index (χ2v) is 3.36. The zero-order valence-corrected chi connectivity index (χ0v) is 7.89. The van der Waals surface area contributed by atoms with Crippen molar-refractivity contribution in [2.45, 2.75) is 6.54 Å². The molecule has 3 rings (SSSR count). The van der Waals surface area contributed by atoms with Gasteiger partial charge in [0, 0.05) is 7.05 Å². The number of hydrogen-bond acceptors (Lipinski definition) is 4. The molecular weight excluding hydrogens is 198 g/mol. The molecule has 0 unspecified atom stereocenters. The largest absolute Gasteiger partial charge is 0.339 e. The van der Waals surface area contributed by atoms with Crippen molar-refractivity contribution in [2.24, 2.45) is 0 Å². The van der Waals surface area contributed by atoms with E-state index in [1.165, 1.54) is 15.8 Å². The highest BCUT2D eigenvalue weighted by Crippen LogP contribution is 2.16. The smallest absolute Gasteiger partial charge is 0.281 e. The van der Waals surface area contributed by atoms with E-state index >= 15 is 0 Å². The van der Waals surface area contributed by atoms with Crippen LogP contribution in [0.25, 0.3) is 11.2 Å². The number of amides is 1. The monoisotopic (exact) mass is 205 g/mol. The number of nitrogens with zero attached hydrogens (tertiary/aromatic N) is 4. The van der Waals surface area contributed by atoms with Gasteiger partial charge in [0.1, 0.15) is 6.54 Å². The topological polar surface area (TPSA) is 83.9 Å². The number of aromatic nitrogens is 4. The van der Waals surface area contributed by atoms with Crippen molar-refractivity contribution >= 4 is 23.0 Å². The molecule has 0 fully saturated rings. The number of imidazole rings is 1. The highest BCUT2D eigenvalue weighted by molar-refractivity contribution is 5.95. The zero-order chi connectivity index (χ0) is 10.6. The Morgan fingerprint density at radius 3 is 3.07 bits per heavy atom. The molecule has 15 heavy (non-hydrogen) atoms. The lowest BCUT2D eigenvalue weighted by atomic mass is 10.5. The molecule has 7 heteroatoms. The summed E-state index contributed by atoms with van der Waals surface area (Å²) in [4.78, 5) is 35.3. The van der Waals surface area contributed by atoms with Crippen LogP contribution < -0.4 is 10.5 Å². The van der Waals surface area contributed by atoms with Crippen LogP contribution in [0, 0.1) is 0 Å². The van der Waals surface area contributed by atoms with Gasteiger partial charge in [-0.1, -0.05) is 0 Å². The molecule has 3 heterocycles. The number of likely N-dealkylation sites (N-methyl/N-ethyl adjacent to an activating group) is 1. The number of nitrogens with one attached hydrogen (secondary N) is 1. The number of anilines is 1. The maximum absolute atomic E-state index is 11.8. The molecule has 2 aromatic rings. The number of carbonyl (C=O) groups excluding carboxylic acids is 1. The second kappa shape index (κ2) is 2.44. The SMILES string of the molecule is CN1C(=O)Cn2c1nc1nc[nH]c1c2=O. The standard InChI is InChI=1S/C8H7N5O2/c1-12-4(14)2-13-7(15)5-6(10-3-9-5)11-8(12)13/h3H,2H2,1H3,(H,9,10). The predicted octanol–water partition coefficient (Wildman–Crippen LogP) is -0.904. The molecule has 1 aliphatic rings. The lowest BCUT2D eigenvalue weighted by molar-refractivity contribution is -0.117. The van der Waals surface area contributed by atoms with E-state index in [1.807, 2.05) is 0 Å². The summed E-state index contributed by atoms with van der Waals surface area (Å²) in [5.41, 5.74) is 0.417. The number of hydrogen-bond donors (Lipinski definition) is 1. The Hall–Kier alpha value is -2.18. The summed E-state index contributed by atoms with van der Waals surface area (Å²) in [5, 5.41) is 0. The lowest BCUT2D eigenvalue weighted by Gasteiger charge is -2.06. The Balaban J connectivity index is 2.45. The van der Waals surface area contributed by atoms with E-state index in [2.05, 4.69) is 15.0 Å². The fraction of sp³-hybridized carbons (Fsp3) is 0.250. The van der Waals surface area contributed by atoms with E-state index in [-0.39, 0.29) is 18.0 Å². The third-order valence-electron chi connectivity index (χ3n) is 2.49. The van der Waals surface area contributed by atoms with Crippen LogP contribution in [0.4, 0.5) is 5.95 Å². The maximum atomic E-state index is 11.8. The van der Waals surface area contributed by atoms with Crippen LogP contribution in [0.3, 0.4) is 0 Å². The van der Waals surface area contributed by atoms with Crippen LogP contribution in [0.5, 0.6) is 0 Å². The number of H-pyrrole nitrogens is 1. The van der Waals surface area contributed by atoms with Crippen LogP contribution >= 0.6 is 0 Å². The van der Waals surface area contributed by atoms with Crippen molar-refractivity contribution in [3.8, 4) is 0 Å². The molecule has 7 nitrogen and oxygen atoms in total. The molecule has 0 saturated heterocycles. The number of fused-ring (bicyclic) bond motifs is 2. The lowest BCUT2D eigenvalue weighted by Crippen LogP contribution is -2.21. The van der Waals surface area contributed by atoms with Crippen molar-refractivity contribution in [3.05, 3.63) is 16.7 Å². The predicted molar refractivity (Wildman–Crippen MR) is 51.6 cm³/mol. The first-order chi connectivity index (χ1) is 7.18. The van der Waals surface area contributed by atoms with Gasteiger partial charge in [-0.2, -0.15) is 4.98 Å². The highest BCUT2D eigenvalue weighted by Gasteiger charge is 2.27. The summed E-state index contributed by atoms with van der Waals surface area (Å²) in [6.07, 6.45) is 1.41. The quantitative estimate of drug-likeness (QED) is 0.603. The van der Waals surface area contributed by atoms with Gasteiger partial charge in [-0.15, -0.1) is 0 Å². The maximum Gasteiger partial charge on any atom is 0.281 e. The summed E-state index contributed by atoms with van der Waals surface area (Å²) < 4.78 is 1.34. The summed E-state index contributed by atoms with van der Waals surface area (Å²) in [5.74, 6) is 0.205. The van der Waals surface area contributed by atoms with Crippen molar-refractivity contribution in [1.29, 1.82) is 0 Å². The molecule has 0 aromatic carbocycles. The minimum atomic E-state index is -0.259. The van der Waals surface area contributed by atoms with E-state index in [0.717, 1.165) is 0 Å². The van der Waals surface area contributed by atoms with Gasteiger partial charge in [0.25, 0.3) is 5.56 Å². The minimum Gasteiger partial charge on any atom is -0.339 e. The van der Waals surface area contributed by atoms with Gasteiger partial charge in [-0.3, -0.25) is 19.1 Å². The van der Waals surface area contributed by atoms with Gasteiger partial charge >= 0.3 is 0 Å². The average Bonchev–Trinajstić information content (AvgIpc) is 2.77.